The van der Waals surface area contributed by atoms with Crippen LogP contribution in [0.15, 0.2) is 24.3 Å². The Bertz CT molecular complexity index is 428. The summed E-state index contributed by atoms with van der Waals surface area (Å²) in [6, 6.07) is 7.47. The average Bonchev–Trinajstić information content (AvgIpc) is 2.46. The van der Waals surface area contributed by atoms with Gasteiger partial charge in [0.05, 0.1) is 5.56 Å². The lowest BCUT2D eigenvalue weighted by Crippen LogP contribution is -2.41. The molecule has 0 radical (unpaired) electrons. The summed E-state index contributed by atoms with van der Waals surface area (Å²) in [6.45, 7) is 5.43. The van der Waals surface area contributed by atoms with E-state index in [1.807, 2.05) is 6.07 Å². The number of carbonyl (C=O) groups is 1. The Kier molecular flexibility index (Phi) is 4.80. The summed E-state index contributed by atoms with van der Waals surface area (Å²) < 4.78 is 0. The number of piperidine rings is 1. The van der Waals surface area contributed by atoms with Crippen LogP contribution in [0.4, 0.5) is 5.69 Å². The third-order valence-electron chi connectivity index (χ3n) is 3.73. The Morgan fingerprint density at radius 2 is 2.11 bits per heavy atom. The van der Waals surface area contributed by atoms with Gasteiger partial charge in [-0.15, -0.1) is 0 Å². The number of anilines is 1. The number of nitrogens with one attached hydrogen (secondary N) is 1. The topological polar surface area (TPSA) is 52.6 Å². The van der Waals surface area contributed by atoms with Gasteiger partial charge >= 0.3 is 5.97 Å². The molecule has 19 heavy (non-hydrogen) atoms. The van der Waals surface area contributed by atoms with Crippen molar-refractivity contribution in [2.24, 2.45) is 0 Å². The quantitative estimate of drug-likeness (QED) is 0.856. The largest absolute Gasteiger partial charge is 0.478 e. The van der Waals surface area contributed by atoms with Crippen molar-refractivity contribution >= 4 is 11.7 Å². The highest BCUT2D eigenvalue weighted by atomic mass is 16.4. The van der Waals surface area contributed by atoms with Crippen LogP contribution in [-0.4, -0.2) is 41.7 Å². The fourth-order valence-corrected chi connectivity index (χ4v) is 2.52. The lowest BCUT2D eigenvalue weighted by molar-refractivity contribution is 0.0697. The number of nitrogens with zero attached hydrogens (tertiary/aromatic N) is 1. The molecule has 1 aromatic rings. The van der Waals surface area contributed by atoms with Crippen molar-refractivity contribution in [2.75, 3.05) is 25.0 Å². The van der Waals surface area contributed by atoms with Crippen LogP contribution in [-0.2, 0) is 0 Å². The first kappa shape index (κ1) is 13.9. The summed E-state index contributed by atoms with van der Waals surface area (Å²) in [4.78, 5) is 13.4. The number of carboxylic acids is 1. The van der Waals surface area contributed by atoms with E-state index in [-0.39, 0.29) is 0 Å². The Balaban J connectivity index is 1.87. The molecule has 2 N–H and O–H groups in total. The van der Waals surface area contributed by atoms with Crippen LogP contribution >= 0.6 is 0 Å². The van der Waals surface area contributed by atoms with Crippen LogP contribution in [0.2, 0.25) is 0 Å². The Hall–Kier alpha value is -1.55. The molecule has 4 nitrogen and oxygen atoms in total. The minimum atomic E-state index is -0.882. The van der Waals surface area contributed by atoms with E-state index in [0.29, 0.717) is 11.6 Å². The van der Waals surface area contributed by atoms with Gasteiger partial charge in [-0.05, 0) is 51.1 Å². The smallest absolute Gasteiger partial charge is 0.335 e. The molecule has 0 aromatic heterocycles. The first-order valence-corrected chi connectivity index (χ1v) is 6.98. The number of aromatic carboxylic acids is 1. The first-order valence-electron chi connectivity index (χ1n) is 6.98. The molecule has 1 aromatic carbocycles. The van der Waals surface area contributed by atoms with Crippen LogP contribution in [0.1, 0.15) is 36.5 Å². The van der Waals surface area contributed by atoms with Gasteiger partial charge in [0.25, 0.3) is 0 Å². The van der Waals surface area contributed by atoms with E-state index in [1.165, 1.54) is 32.4 Å². The lowest BCUT2D eigenvalue weighted by atomic mass is 10.1. The first-order chi connectivity index (χ1) is 9.16. The minimum absolute atomic E-state index is 0.329. The molecule has 0 spiro atoms. The van der Waals surface area contributed by atoms with Gasteiger partial charge < -0.3 is 10.4 Å². The molecule has 0 saturated carbocycles. The highest BCUT2D eigenvalue weighted by Gasteiger charge is 2.16. The van der Waals surface area contributed by atoms with Crippen molar-refractivity contribution in [3.8, 4) is 0 Å². The summed E-state index contributed by atoms with van der Waals surface area (Å²) in [6.07, 6.45) is 3.93. The van der Waals surface area contributed by atoms with E-state index in [1.54, 1.807) is 18.2 Å². The molecule has 1 fully saturated rings. The van der Waals surface area contributed by atoms with E-state index in [0.717, 1.165) is 12.2 Å². The van der Waals surface area contributed by atoms with Crippen LogP contribution in [0.25, 0.3) is 0 Å². The van der Waals surface area contributed by atoms with E-state index < -0.39 is 5.97 Å². The van der Waals surface area contributed by atoms with E-state index in [2.05, 4.69) is 17.1 Å². The number of hydrogen-bond acceptors (Lipinski definition) is 3. The zero-order valence-corrected chi connectivity index (χ0v) is 11.4. The molecule has 1 aliphatic heterocycles. The molecule has 1 heterocycles. The molecular weight excluding hydrogens is 240 g/mol. The van der Waals surface area contributed by atoms with Crippen LogP contribution < -0.4 is 5.32 Å². The molecule has 104 valence electrons. The normalized spacial score (nSPS) is 17.9. The van der Waals surface area contributed by atoms with Gasteiger partial charge in [0.1, 0.15) is 0 Å². The van der Waals surface area contributed by atoms with Crippen molar-refractivity contribution in [3.63, 3.8) is 0 Å². The Labute approximate surface area is 114 Å². The third-order valence-corrected chi connectivity index (χ3v) is 3.73. The monoisotopic (exact) mass is 262 g/mol. The average molecular weight is 262 g/mol. The summed E-state index contributed by atoms with van der Waals surface area (Å²) in [7, 11) is 0. The predicted octanol–water partition coefficient (Wildman–Crippen LogP) is 2.67. The third kappa shape index (κ3) is 3.96. The van der Waals surface area contributed by atoms with Gasteiger partial charge in [-0.2, -0.15) is 0 Å². The number of hydrogen-bond donors (Lipinski definition) is 2. The molecule has 0 amide bonds. The molecule has 0 aliphatic carbocycles. The van der Waals surface area contributed by atoms with Crippen molar-refractivity contribution in [1.29, 1.82) is 0 Å². The zero-order valence-electron chi connectivity index (χ0n) is 11.4. The maximum atomic E-state index is 10.9. The standard InChI is InChI=1S/C15H22N2O2/c1-12(17-8-3-2-4-9-17)11-16-14-7-5-6-13(10-14)15(18)19/h5-7,10,12,16H,2-4,8-9,11H2,1H3,(H,18,19). The summed E-state index contributed by atoms with van der Waals surface area (Å²) in [5, 5.41) is 12.3. The fourth-order valence-electron chi connectivity index (χ4n) is 2.52. The number of rotatable bonds is 5. The Morgan fingerprint density at radius 1 is 1.37 bits per heavy atom. The molecule has 2 rings (SSSR count). The number of benzene rings is 1. The van der Waals surface area contributed by atoms with Gasteiger partial charge in [-0.3, -0.25) is 4.90 Å². The molecule has 4 heteroatoms. The highest BCUT2D eigenvalue weighted by molar-refractivity contribution is 5.88. The maximum absolute atomic E-state index is 10.9. The van der Waals surface area contributed by atoms with Crippen molar-refractivity contribution in [1.82, 2.24) is 4.90 Å². The SMILES string of the molecule is CC(CNc1cccc(C(=O)O)c1)N1CCCCC1. The molecule has 1 atom stereocenters. The van der Waals surface area contributed by atoms with Gasteiger partial charge in [-0.25, -0.2) is 4.79 Å². The number of carboxylic acid groups (broad SMARTS) is 1. The van der Waals surface area contributed by atoms with Crippen LogP contribution in [0.3, 0.4) is 0 Å². The molecule has 1 unspecified atom stereocenters. The van der Waals surface area contributed by atoms with Gasteiger partial charge in [0.2, 0.25) is 0 Å². The highest BCUT2D eigenvalue weighted by Crippen LogP contribution is 2.14. The zero-order chi connectivity index (χ0) is 13.7. The lowest BCUT2D eigenvalue weighted by Gasteiger charge is -2.32. The summed E-state index contributed by atoms with van der Waals surface area (Å²) >= 11 is 0. The van der Waals surface area contributed by atoms with E-state index >= 15 is 0 Å². The number of likely N-dealkylation sites (tertiary alicyclic amines) is 1. The second-order valence-corrected chi connectivity index (χ2v) is 5.21. The van der Waals surface area contributed by atoms with Crippen LogP contribution in [0, 0.1) is 0 Å². The molecule has 1 aliphatic rings. The molecule has 1 saturated heterocycles. The maximum Gasteiger partial charge on any atom is 0.335 e. The summed E-state index contributed by atoms with van der Waals surface area (Å²) in [5.41, 5.74) is 1.21. The fraction of sp³-hybridized carbons (Fsp3) is 0.533. The van der Waals surface area contributed by atoms with Crippen molar-refractivity contribution in [3.05, 3.63) is 29.8 Å². The second kappa shape index (κ2) is 6.57. The van der Waals surface area contributed by atoms with Gasteiger partial charge in [0, 0.05) is 18.3 Å². The summed E-state index contributed by atoms with van der Waals surface area (Å²) in [5.74, 6) is -0.882. The van der Waals surface area contributed by atoms with Gasteiger partial charge in [-0.1, -0.05) is 12.5 Å². The van der Waals surface area contributed by atoms with E-state index in [4.69, 9.17) is 5.11 Å². The van der Waals surface area contributed by atoms with Crippen molar-refractivity contribution < 1.29 is 9.90 Å². The van der Waals surface area contributed by atoms with E-state index in [9.17, 15) is 4.79 Å². The molecular formula is C15H22N2O2. The Morgan fingerprint density at radius 3 is 2.79 bits per heavy atom. The van der Waals surface area contributed by atoms with Gasteiger partial charge in [0.15, 0.2) is 0 Å². The minimum Gasteiger partial charge on any atom is -0.478 e. The predicted molar refractivity (Wildman–Crippen MR) is 76.8 cm³/mol. The van der Waals surface area contributed by atoms with Crippen molar-refractivity contribution in [2.45, 2.75) is 32.2 Å². The van der Waals surface area contributed by atoms with Crippen LogP contribution in [0.5, 0.6) is 0 Å². The molecule has 0 bridgehead atoms. The second-order valence-electron chi connectivity index (χ2n) is 5.21.